The molecule has 0 aliphatic carbocycles. The Morgan fingerprint density at radius 3 is 2.41 bits per heavy atom. The largest absolute Gasteiger partial charge is 0.352 e. The fourth-order valence-electron chi connectivity index (χ4n) is 4.01. The summed E-state index contributed by atoms with van der Waals surface area (Å²) in [6.45, 7) is 5.20. The smallest absolute Gasteiger partial charge is 0.220 e. The molecule has 0 radical (unpaired) electrons. The van der Waals surface area contributed by atoms with Crippen LogP contribution in [0.4, 0.5) is 0 Å². The van der Waals surface area contributed by atoms with Crippen LogP contribution in [0.25, 0.3) is 11.1 Å². The van der Waals surface area contributed by atoms with E-state index in [1.54, 1.807) is 6.20 Å². The predicted octanol–water partition coefficient (Wildman–Crippen LogP) is 4.98. The van der Waals surface area contributed by atoms with Gasteiger partial charge in [0.05, 0.1) is 6.54 Å². The Hall–Kier alpha value is -3.45. The molecule has 0 aliphatic heterocycles. The molecule has 0 saturated heterocycles. The number of carbonyl (C=O) groups is 1. The van der Waals surface area contributed by atoms with E-state index in [9.17, 15) is 4.79 Å². The zero-order valence-corrected chi connectivity index (χ0v) is 20.6. The summed E-state index contributed by atoms with van der Waals surface area (Å²) in [5.74, 6) is 0.0251. The normalized spacial score (nSPS) is 10.9. The summed E-state index contributed by atoms with van der Waals surface area (Å²) in [6.07, 6.45) is 6.76. The van der Waals surface area contributed by atoms with E-state index in [-0.39, 0.29) is 5.91 Å². The van der Waals surface area contributed by atoms with E-state index in [1.165, 1.54) is 17.3 Å². The molecule has 0 aliphatic rings. The highest BCUT2D eigenvalue weighted by molar-refractivity contribution is 7.98. The third-order valence-electron chi connectivity index (χ3n) is 5.85. The lowest BCUT2D eigenvalue weighted by molar-refractivity contribution is -0.121. The lowest BCUT2D eigenvalue weighted by Gasteiger charge is -2.13. The molecule has 0 saturated carbocycles. The second-order valence-electron chi connectivity index (χ2n) is 8.19. The Kier molecular flexibility index (Phi) is 7.75. The maximum atomic E-state index is 12.6. The zero-order chi connectivity index (χ0) is 23.9. The van der Waals surface area contributed by atoms with Crippen molar-refractivity contribution in [3.8, 4) is 11.1 Å². The van der Waals surface area contributed by atoms with Crippen LogP contribution in [0.15, 0.2) is 72.1 Å². The molecule has 0 unspecified atom stereocenters. The number of rotatable bonds is 9. The molecule has 1 amide bonds. The van der Waals surface area contributed by atoms with E-state index >= 15 is 0 Å². The molecule has 0 spiro atoms. The van der Waals surface area contributed by atoms with Gasteiger partial charge in [0.25, 0.3) is 0 Å². The first kappa shape index (κ1) is 23.7. The van der Waals surface area contributed by atoms with Gasteiger partial charge >= 0.3 is 0 Å². The van der Waals surface area contributed by atoms with Gasteiger partial charge in [0.15, 0.2) is 5.16 Å². The second-order valence-corrected chi connectivity index (χ2v) is 8.97. The summed E-state index contributed by atoms with van der Waals surface area (Å²) < 4.78 is 1.91. The number of nitrogens with one attached hydrogen (secondary N) is 1. The van der Waals surface area contributed by atoms with Crippen molar-refractivity contribution in [3.05, 3.63) is 95.1 Å². The van der Waals surface area contributed by atoms with Crippen LogP contribution in [0, 0.1) is 13.8 Å². The molecular weight excluding hydrogens is 442 g/mol. The zero-order valence-electron chi connectivity index (χ0n) is 19.8. The SMILES string of the molecule is CSc1nc(C)c(CCC(=O)NCc2ccccc2-c2ccc(Cn3cccn3)cc2)c(C)n1. The van der Waals surface area contributed by atoms with Crippen LogP contribution in [0.3, 0.4) is 0 Å². The number of amides is 1. The summed E-state index contributed by atoms with van der Waals surface area (Å²) >= 11 is 1.53. The van der Waals surface area contributed by atoms with E-state index in [1.807, 2.05) is 49.2 Å². The summed E-state index contributed by atoms with van der Waals surface area (Å²) in [6, 6.07) is 18.6. The first-order valence-corrected chi connectivity index (χ1v) is 12.6. The van der Waals surface area contributed by atoms with E-state index in [0.29, 0.717) is 19.4 Å². The third kappa shape index (κ3) is 5.91. The summed E-state index contributed by atoms with van der Waals surface area (Å²) in [4.78, 5) is 21.6. The lowest BCUT2D eigenvalue weighted by atomic mass is 9.98. The minimum absolute atomic E-state index is 0.0251. The number of carbonyl (C=O) groups excluding carboxylic acids is 1. The molecule has 2 heterocycles. The van der Waals surface area contributed by atoms with Crippen molar-refractivity contribution in [3.63, 3.8) is 0 Å². The number of thioether (sulfide) groups is 1. The predicted molar refractivity (Wildman–Crippen MR) is 137 cm³/mol. The van der Waals surface area contributed by atoms with Crippen molar-refractivity contribution in [2.24, 2.45) is 0 Å². The van der Waals surface area contributed by atoms with Gasteiger partial charge in [-0.25, -0.2) is 9.97 Å². The van der Waals surface area contributed by atoms with Gasteiger partial charge in [0.2, 0.25) is 5.91 Å². The molecule has 4 aromatic rings. The number of aryl methyl sites for hydroxylation is 2. The second kappa shape index (κ2) is 11.1. The molecule has 6 nitrogen and oxygen atoms in total. The van der Waals surface area contributed by atoms with E-state index in [2.05, 4.69) is 56.8 Å². The minimum atomic E-state index is 0.0251. The van der Waals surface area contributed by atoms with Crippen molar-refractivity contribution < 1.29 is 4.79 Å². The number of nitrogens with zero attached hydrogens (tertiary/aromatic N) is 4. The molecule has 174 valence electrons. The summed E-state index contributed by atoms with van der Waals surface area (Å²) in [7, 11) is 0. The van der Waals surface area contributed by atoms with Gasteiger partial charge in [-0.3, -0.25) is 9.48 Å². The average Bonchev–Trinajstić information content (AvgIpc) is 3.36. The van der Waals surface area contributed by atoms with E-state index in [4.69, 9.17) is 0 Å². The topological polar surface area (TPSA) is 72.7 Å². The van der Waals surface area contributed by atoms with Gasteiger partial charge in [-0.2, -0.15) is 5.10 Å². The highest BCUT2D eigenvalue weighted by Gasteiger charge is 2.12. The Labute approximate surface area is 204 Å². The maximum Gasteiger partial charge on any atom is 0.220 e. The Bertz CT molecular complexity index is 1230. The fourth-order valence-corrected chi connectivity index (χ4v) is 4.47. The maximum absolute atomic E-state index is 12.6. The monoisotopic (exact) mass is 471 g/mol. The number of hydrogen-bond donors (Lipinski definition) is 1. The average molecular weight is 472 g/mol. The molecule has 7 heteroatoms. The Morgan fingerprint density at radius 1 is 1.00 bits per heavy atom. The van der Waals surface area contributed by atoms with Gasteiger partial charge in [0.1, 0.15) is 0 Å². The van der Waals surface area contributed by atoms with Gasteiger partial charge < -0.3 is 5.32 Å². The van der Waals surface area contributed by atoms with Gasteiger partial charge in [-0.1, -0.05) is 60.3 Å². The van der Waals surface area contributed by atoms with Crippen LogP contribution in [-0.4, -0.2) is 31.9 Å². The van der Waals surface area contributed by atoms with E-state index in [0.717, 1.165) is 45.3 Å². The van der Waals surface area contributed by atoms with Crippen LogP contribution in [0.1, 0.15) is 34.5 Å². The number of benzene rings is 2. The van der Waals surface area contributed by atoms with Crippen molar-refractivity contribution >= 4 is 17.7 Å². The molecule has 0 bridgehead atoms. The summed E-state index contributed by atoms with van der Waals surface area (Å²) in [5.41, 5.74) is 7.50. The first-order chi connectivity index (χ1) is 16.5. The van der Waals surface area contributed by atoms with Crippen molar-refractivity contribution in [2.75, 3.05) is 6.26 Å². The first-order valence-electron chi connectivity index (χ1n) is 11.3. The van der Waals surface area contributed by atoms with Crippen molar-refractivity contribution in [2.45, 2.75) is 44.9 Å². The van der Waals surface area contributed by atoms with Gasteiger partial charge in [0, 0.05) is 36.7 Å². The standard InChI is InChI=1S/C27H29N5OS/c1-19-24(20(2)31-27(30-19)34-3)13-14-26(33)28-17-23-7-4-5-8-25(23)22-11-9-21(10-12-22)18-32-16-6-15-29-32/h4-12,15-16H,13-14,17-18H2,1-3H3,(H,28,33). The molecule has 2 aromatic carbocycles. The van der Waals surface area contributed by atoms with Crippen LogP contribution in [-0.2, 0) is 24.3 Å². The molecule has 1 N–H and O–H groups in total. The van der Waals surface area contributed by atoms with Crippen LogP contribution < -0.4 is 5.32 Å². The highest BCUT2D eigenvalue weighted by atomic mass is 32.2. The number of aromatic nitrogens is 4. The van der Waals surface area contributed by atoms with Gasteiger partial charge in [-0.05, 0) is 60.4 Å². The van der Waals surface area contributed by atoms with Gasteiger partial charge in [-0.15, -0.1) is 0 Å². The molecular formula is C27H29N5OS. The summed E-state index contributed by atoms with van der Waals surface area (Å²) in [5, 5.41) is 8.13. The van der Waals surface area contributed by atoms with E-state index < -0.39 is 0 Å². The quantitative estimate of drug-likeness (QED) is 0.275. The Morgan fingerprint density at radius 2 is 1.74 bits per heavy atom. The molecule has 4 rings (SSSR count). The molecule has 0 atom stereocenters. The molecule has 2 aromatic heterocycles. The fraction of sp³-hybridized carbons (Fsp3) is 0.259. The minimum Gasteiger partial charge on any atom is -0.352 e. The molecule has 34 heavy (non-hydrogen) atoms. The van der Waals surface area contributed by atoms with Crippen LogP contribution in [0.5, 0.6) is 0 Å². The third-order valence-corrected chi connectivity index (χ3v) is 6.39. The van der Waals surface area contributed by atoms with Crippen molar-refractivity contribution in [1.29, 1.82) is 0 Å². The molecule has 0 fully saturated rings. The highest BCUT2D eigenvalue weighted by Crippen LogP contribution is 2.24. The Balaban J connectivity index is 1.37. The van der Waals surface area contributed by atoms with Crippen molar-refractivity contribution in [1.82, 2.24) is 25.1 Å². The lowest BCUT2D eigenvalue weighted by Crippen LogP contribution is -2.23. The number of hydrogen-bond acceptors (Lipinski definition) is 5. The van der Waals surface area contributed by atoms with Crippen LogP contribution >= 0.6 is 11.8 Å². The van der Waals surface area contributed by atoms with Crippen LogP contribution in [0.2, 0.25) is 0 Å².